The lowest BCUT2D eigenvalue weighted by atomic mass is 9.34. The number of rotatable bonds is 4. The van der Waals surface area contributed by atoms with Gasteiger partial charge in [-0.25, -0.2) is 4.98 Å². The summed E-state index contributed by atoms with van der Waals surface area (Å²) in [5.74, 6) is 3.57. The summed E-state index contributed by atoms with van der Waals surface area (Å²) >= 11 is 1.81. The van der Waals surface area contributed by atoms with E-state index in [4.69, 9.17) is 19.7 Å². The average Bonchev–Trinajstić information content (AvgIpc) is 3.64. The molecule has 0 unspecified atom stereocenters. The first kappa shape index (κ1) is 37.1. The summed E-state index contributed by atoms with van der Waals surface area (Å²) in [6, 6.07) is 55.1. The molecule has 9 aromatic rings. The fourth-order valence-corrected chi connectivity index (χ4v) is 9.72. The molecule has 3 aliphatic rings. The number of benzene rings is 7. The molecule has 2 aromatic heterocycles. The molecule has 0 bridgehead atoms. The Morgan fingerprint density at radius 1 is 0.550 bits per heavy atom. The summed E-state index contributed by atoms with van der Waals surface area (Å²) in [6.07, 6.45) is 5.75. The quantitative estimate of drug-likeness (QED) is 0.131. The van der Waals surface area contributed by atoms with Gasteiger partial charge in [-0.15, -0.1) is 6.58 Å². The molecule has 0 radical (unpaired) electrons. The van der Waals surface area contributed by atoms with E-state index in [9.17, 15) is 0 Å². The molecule has 12 rings (SSSR count). The third-order valence-corrected chi connectivity index (χ3v) is 12.2. The number of anilines is 3. The lowest BCUT2D eigenvalue weighted by Crippen LogP contribution is -2.62. The van der Waals surface area contributed by atoms with Crippen LogP contribution in [0.15, 0.2) is 192 Å². The molecule has 0 saturated carbocycles. The highest BCUT2D eigenvalue weighted by Crippen LogP contribution is 2.47. The summed E-state index contributed by atoms with van der Waals surface area (Å²) in [5, 5.41) is 2.48. The predicted molar refractivity (Wildman–Crippen MR) is 251 cm³/mol. The summed E-state index contributed by atoms with van der Waals surface area (Å²) < 4.78 is 9.35. The highest BCUT2D eigenvalue weighted by molar-refractivity contribution is 8.00. The number of allylic oxidation sites excluding steroid dienone is 3. The lowest BCUT2D eigenvalue weighted by molar-refractivity contribution is 0.486. The number of para-hydroxylation sites is 2. The van der Waals surface area contributed by atoms with Crippen LogP contribution in [-0.4, -0.2) is 26.2 Å². The van der Waals surface area contributed by atoms with Gasteiger partial charge < -0.3 is 9.30 Å². The number of aromatic nitrogens is 4. The zero-order chi connectivity index (χ0) is 40.7. The van der Waals surface area contributed by atoms with Gasteiger partial charge in [0.1, 0.15) is 11.5 Å². The van der Waals surface area contributed by atoms with Crippen LogP contribution in [-0.2, 0) is 0 Å². The molecule has 0 N–H and O–H groups in total. The molecule has 0 atom stereocenters. The largest absolute Gasteiger partial charge is 0.458 e. The van der Waals surface area contributed by atoms with E-state index in [1.165, 1.54) is 42.5 Å². The molecule has 0 amide bonds. The van der Waals surface area contributed by atoms with Gasteiger partial charge in [0, 0.05) is 49.1 Å². The first-order valence-electron chi connectivity index (χ1n) is 20.2. The molecule has 0 saturated heterocycles. The molecular formula is C52H40BN5OS. The summed E-state index contributed by atoms with van der Waals surface area (Å²) in [5.41, 5.74) is 11.0. The number of hydrogen-bond donors (Lipinski definition) is 0. The highest BCUT2D eigenvalue weighted by Gasteiger charge is 2.47. The SMILES string of the molecule is C/C=C\C.C=CC.c1ccc(-c2nc(-c3ccccc3)nc(N3c4cccc5c4B4c6c(cc(-n7c8ccccc8c8ccccc87)cc6Sc6cccc3c64)O5)n2)cc1. The molecule has 288 valence electrons. The lowest BCUT2D eigenvalue weighted by Gasteiger charge is -2.42. The first-order chi connectivity index (χ1) is 29.6. The van der Waals surface area contributed by atoms with Gasteiger partial charge >= 0.3 is 0 Å². The molecule has 5 heterocycles. The van der Waals surface area contributed by atoms with Crippen molar-refractivity contribution in [3.8, 4) is 40.0 Å². The van der Waals surface area contributed by atoms with Crippen molar-refractivity contribution >= 4 is 74.0 Å². The maximum absolute atomic E-state index is 6.98. The molecule has 0 aliphatic carbocycles. The minimum absolute atomic E-state index is 0.000115. The third-order valence-electron chi connectivity index (χ3n) is 11.0. The fourth-order valence-electron chi connectivity index (χ4n) is 8.50. The van der Waals surface area contributed by atoms with Crippen molar-refractivity contribution in [1.82, 2.24) is 19.5 Å². The first-order valence-corrected chi connectivity index (χ1v) is 21.0. The fraction of sp³-hybridized carbons (Fsp3) is 0.0577. The molecule has 0 spiro atoms. The molecular weight excluding hydrogens is 753 g/mol. The number of nitrogens with zero attached hydrogens (tertiary/aromatic N) is 5. The van der Waals surface area contributed by atoms with E-state index in [0.29, 0.717) is 17.6 Å². The Bertz CT molecular complexity index is 2930. The van der Waals surface area contributed by atoms with Crippen LogP contribution >= 0.6 is 11.8 Å². The van der Waals surface area contributed by atoms with Crippen molar-refractivity contribution in [2.75, 3.05) is 4.90 Å². The number of fused-ring (bicyclic) bond motifs is 3. The highest BCUT2D eigenvalue weighted by atomic mass is 32.2. The molecule has 7 aromatic carbocycles. The van der Waals surface area contributed by atoms with Crippen molar-refractivity contribution < 1.29 is 4.74 Å². The second-order valence-corrected chi connectivity index (χ2v) is 15.7. The van der Waals surface area contributed by atoms with Crippen LogP contribution in [0.25, 0.3) is 50.3 Å². The maximum atomic E-state index is 6.98. The maximum Gasteiger partial charge on any atom is 0.259 e. The summed E-state index contributed by atoms with van der Waals surface area (Å²) in [7, 11) is 0. The van der Waals surface area contributed by atoms with E-state index in [1.54, 1.807) is 6.08 Å². The van der Waals surface area contributed by atoms with Gasteiger partial charge in [0.2, 0.25) is 5.95 Å². The van der Waals surface area contributed by atoms with Crippen molar-refractivity contribution in [2.24, 2.45) is 0 Å². The van der Waals surface area contributed by atoms with E-state index in [-0.39, 0.29) is 6.71 Å². The van der Waals surface area contributed by atoms with Crippen molar-refractivity contribution in [1.29, 1.82) is 0 Å². The smallest absolute Gasteiger partial charge is 0.259 e. The van der Waals surface area contributed by atoms with E-state index >= 15 is 0 Å². The van der Waals surface area contributed by atoms with Crippen molar-refractivity contribution in [3.63, 3.8) is 0 Å². The van der Waals surface area contributed by atoms with Crippen LogP contribution in [0.2, 0.25) is 0 Å². The zero-order valence-corrected chi connectivity index (χ0v) is 34.4. The van der Waals surface area contributed by atoms with Gasteiger partial charge in [-0.05, 0) is 79.6 Å². The minimum Gasteiger partial charge on any atom is -0.458 e. The number of ether oxygens (including phenoxy) is 1. The Morgan fingerprint density at radius 3 is 1.70 bits per heavy atom. The van der Waals surface area contributed by atoms with Gasteiger partial charge in [0.15, 0.2) is 11.6 Å². The van der Waals surface area contributed by atoms with Crippen LogP contribution in [0.1, 0.15) is 20.8 Å². The van der Waals surface area contributed by atoms with Crippen LogP contribution in [0.5, 0.6) is 11.5 Å². The van der Waals surface area contributed by atoms with Gasteiger partial charge in [0.25, 0.3) is 6.71 Å². The summed E-state index contributed by atoms with van der Waals surface area (Å²) in [4.78, 5) is 20.0. The topological polar surface area (TPSA) is 56.1 Å². The zero-order valence-electron chi connectivity index (χ0n) is 33.6. The molecule has 6 nitrogen and oxygen atoms in total. The van der Waals surface area contributed by atoms with E-state index in [0.717, 1.165) is 45.2 Å². The molecule has 0 fully saturated rings. The van der Waals surface area contributed by atoms with Crippen LogP contribution in [0.4, 0.5) is 17.3 Å². The van der Waals surface area contributed by atoms with Gasteiger partial charge in [-0.3, -0.25) is 4.90 Å². The molecule has 3 aliphatic heterocycles. The van der Waals surface area contributed by atoms with Gasteiger partial charge in [0.05, 0.1) is 16.7 Å². The van der Waals surface area contributed by atoms with Crippen LogP contribution in [0, 0.1) is 0 Å². The van der Waals surface area contributed by atoms with Gasteiger partial charge in [-0.2, -0.15) is 9.97 Å². The predicted octanol–water partition coefficient (Wildman–Crippen LogP) is 11.9. The Hall–Kier alpha value is -7.16. The second-order valence-electron chi connectivity index (χ2n) is 14.7. The van der Waals surface area contributed by atoms with Crippen LogP contribution in [0.3, 0.4) is 0 Å². The van der Waals surface area contributed by atoms with E-state index in [2.05, 4.69) is 113 Å². The molecule has 8 heteroatoms. The normalized spacial score (nSPS) is 12.6. The average molecular weight is 794 g/mol. The molecule has 60 heavy (non-hydrogen) atoms. The number of hydrogen-bond acceptors (Lipinski definition) is 6. The Labute approximate surface area is 354 Å². The van der Waals surface area contributed by atoms with E-state index < -0.39 is 0 Å². The Balaban J connectivity index is 0.000000579. The Morgan fingerprint density at radius 2 is 1.10 bits per heavy atom. The second kappa shape index (κ2) is 15.5. The monoisotopic (exact) mass is 793 g/mol. The van der Waals surface area contributed by atoms with Gasteiger partial charge in [-0.1, -0.05) is 139 Å². The standard InChI is InChI=1S/C45H26BN5OS.C4H8.C3H6/c1-3-13-27(14-4-1)43-47-44(28-15-5-2-6-16-28)49-45(48-43)51-34-21-11-23-36-40(34)46-41-35(51)22-12-24-38(41)53-39-26-29(25-37(52-36)42(39)46)50-32-19-9-7-17-30(32)31-18-8-10-20-33(31)50;1-3-4-2;1-3-2/h1-26H;3-4H,1-2H3;3H,1H2,2H3/b;4-3-;. The Kier molecular flexibility index (Phi) is 9.62. The summed E-state index contributed by atoms with van der Waals surface area (Å²) in [6.45, 7) is 9.25. The van der Waals surface area contributed by atoms with Crippen molar-refractivity contribution in [3.05, 3.63) is 183 Å². The van der Waals surface area contributed by atoms with Crippen LogP contribution < -0.4 is 26.0 Å². The van der Waals surface area contributed by atoms with Crippen molar-refractivity contribution in [2.45, 2.75) is 30.6 Å². The minimum atomic E-state index is -0.000115. The third kappa shape index (κ3) is 6.11. The van der Waals surface area contributed by atoms with E-state index in [1.807, 2.05) is 105 Å².